The number of benzene rings is 3. The number of nitrogens with one attached hydrogen (secondary N) is 4. The summed E-state index contributed by atoms with van der Waals surface area (Å²) in [5.41, 5.74) is 2.28. The molecule has 4 N–H and O–H groups in total. The maximum absolute atomic E-state index is 14.8. The first-order chi connectivity index (χ1) is 21.3. The summed E-state index contributed by atoms with van der Waals surface area (Å²) in [6.07, 6.45) is 2.77. The number of aliphatic imine (C=N–C) groups is 1. The molecule has 1 aromatic heterocycles. The number of hydrogen-bond donors (Lipinski definition) is 4. The number of carbonyl (C=O) groups is 2. The lowest BCUT2D eigenvalue weighted by Crippen LogP contribution is -2.61. The zero-order valence-electron chi connectivity index (χ0n) is 23.7. The van der Waals surface area contributed by atoms with Gasteiger partial charge in [0.05, 0.1) is 23.5 Å². The Morgan fingerprint density at radius 1 is 0.977 bits per heavy atom. The van der Waals surface area contributed by atoms with Crippen LogP contribution >= 0.6 is 11.6 Å². The number of rotatable bonds is 6. The summed E-state index contributed by atoms with van der Waals surface area (Å²) in [5.74, 6) is -2.04. The molecule has 2 aliphatic heterocycles. The molecule has 0 bridgehead atoms. The molecule has 9 nitrogen and oxygen atoms in total. The van der Waals surface area contributed by atoms with Crippen LogP contribution in [0.25, 0.3) is 11.3 Å². The predicted molar refractivity (Wildman–Crippen MR) is 164 cm³/mol. The number of likely N-dealkylation sites (N-methyl/N-ethyl adjacent to an activating group) is 1. The van der Waals surface area contributed by atoms with Crippen LogP contribution in [0.1, 0.15) is 39.9 Å². The van der Waals surface area contributed by atoms with Crippen molar-refractivity contribution in [1.29, 1.82) is 0 Å². The Labute approximate surface area is 257 Å². The van der Waals surface area contributed by atoms with Gasteiger partial charge in [-0.2, -0.15) is 0 Å². The van der Waals surface area contributed by atoms with Crippen LogP contribution in [0.15, 0.2) is 71.9 Å². The van der Waals surface area contributed by atoms with E-state index in [-0.39, 0.29) is 29.7 Å². The van der Waals surface area contributed by atoms with Crippen LogP contribution in [0.4, 0.5) is 20.4 Å². The lowest BCUT2D eigenvalue weighted by Gasteiger charge is -2.35. The number of anilines is 2. The molecule has 224 valence electrons. The number of nitrogens with zero attached hydrogens (tertiary/aromatic N) is 3. The van der Waals surface area contributed by atoms with E-state index in [1.807, 2.05) is 0 Å². The Balaban J connectivity index is 1.23. The first kappa shape index (κ1) is 29.5. The van der Waals surface area contributed by atoms with Crippen molar-refractivity contribution in [2.45, 2.75) is 24.9 Å². The number of imide groups is 1. The minimum Gasteiger partial charge on any atom is -0.324 e. The van der Waals surface area contributed by atoms with E-state index < -0.39 is 23.1 Å². The summed E-state index contributed by atoms with van der Waals surface area (Å²) in [4.78, 5) is 39.4. The van der Waals surface area contributed by atoms with E-state index in [0.717, 1.165) is 0 Å². The van der Waals surface area contributed by atoms with Gasteiger partial charge in [0.15, 0.2) is 0 Å². The smallest absolute Gasteiger partial charge is 0.257 e. The van der Waals surface area contributed by atoms with Gasteiger partial charge in [0.2, 0.25) is 11.9 Å². The summed E-state index contributed by atoms with van der Waals surface area (Å²) in [5, 5.41) is 12.3. The van der Waals surface area contributed by atoms with Gasteiger partial charge in [0.1, 0.15) is 17.2 Å². The molecule has 4 aromatic rings. The molecule has 2 aliphatic rings. The number of fused-ring (bicyclic) bond motifs is 3. The molecule has 0 atom stereocenters. The molecule has 0 saturated carbocycles. The SMILES string of the molecule is CNC1(C(=O)NC(=O)c2ccc(Nc3ncc4c(n3)-c3ccc(Cl)cc3C(c3c(F)cccc3F)=NC4)cc2)CCNCC1. The van der Waals surface area contributed by atoms with Crippen molar-refractivity contribution in [2.24, 2.45) is 4.99 Å². The zero-order valence-corrected chi connectivity index (χ0v) is 24.4. The van der Waals surface area contributed by atoms with E-state index >= 15 is 0 Å². The van der Waals surface area contributed by atoms with Crippen LogP contribution < -0.4 is 21.3 Å². The van der Waals surface area contributed by atoms with Crippen LogP contribution in [0.5, 0.6) is 0 Å². The van der Waals surface area contributed by atoms with Crippen molar-refractivity contribution in [3.05, 3.63) is 106 Å². The van der Waals surface area contributed by atoms with Crippen LogP contribution in [0.3, 0.4) is 0 Å². The number of piperidine rings is 1. The van der Waals surface area contributed by atoms with Gasteiger partial charge in [-0.25, -0.2) is 18.7 Å². The number of hydrogen-bond acceptors (Lipinski definition) is 8. The molecule has 1 fully saturated rings. The van der Waals surface area contributed by atoms with Crippen molar-refractivity contribution in [2.75, 3.05) is 25.5 Å². The Kier molecular flexibility index (Phi) is 8.17. The second-order valence-corrected chi connectivity index (χ2v) is 11.0. The van der Waals surface area contributed by atoms with Gasteiger partial charge in [-0.3, -0.25) is 19.9 Å². The summed E-state index contributed by atoms with van der Waals surface area (Å²) in [6.45, 7) is 1.47. The summed E-state index contributed by atoms with van der Waals surface area (Å²) in [7, 11) is 1.73. The van der Waals surface area contributed by atoms with Crippen molar-refractivity contribution >= 4 is 40.8 Å². The monoisotopic (exact) mass is 615 g/mol. The van der Waals surface area contributed by atoms with E-state index in [4.69, 9.17) is 16.6 Å². The van der Waals surface area contributed by atoms with Gasteiger partial charge in [0, 0.05) is 39.2 Å². The van der Waals surface area contributed by atoms with Crippen molar-refractivity contribution in [1.82, 2.24) is 25.9 Å². The molecule has 0 unspecified atom stereocenters. The Hall–Kier alpha value is -4.58. The number of halogens is 3. The lowest BCUT2D eigenvalue weighted by atomic mass is 9.87. The highest BCUT2D eigenvalue weighted by Gasteiger charge is 2.38. The molecule has 0 radical (unpaired) electrons. The Morgan fingerprint density at radius 2 is 1.70 bits per heavy atom. The molecule has 0 aliphatic carbocycles. The standard InChI is InChI=1S/C32H28ClF2N7O2/c1-36-32(11-13-37-14-12-32)30(44)42-29(43)18-5-8-21(9-6-18)40-31-39-17-19-16-38-28(26-24(34)3-2-4-25(26)35)23-15-20(33)7-10-22(23)27(19)41-31/h2-10,15,17,36-37H,11-14,16H2,1H3,(H,39,40,41)(H,42,43,44). The lowest BCUT2D eigenvalue weighted by molar-refractivity contribution is -0.127. The minimum atomic E-state index is -0.787. The van der Waals surface area contributed by atoms with Crippen LogP contribution in [-0.4, -0.2) is 53.2 Å². The van der Waals surface area contributed by atoms with Crippen molar-refractivity contribution in [3.63, 3.8) is 0 Å². The molecule has 6 rings (SSSR count). The molecule has 3 heterocycles. The first-order valence-corrected chi connectivity index (χ1v) is 14.4. The second kappa shape index (κ2) is 12.2. The molecule has 1 saturated heterocycles. The third-order valence-corrected chi connectivity index (χ3v) is 8.20. The highest BCUT2D eigenvalue weighted by atomic mass is 35.5. The van der Waals surface area contributed by atoms with Gasteiger partial charge < -0.3 is 16.0 Å². The van der Waals surface area contributed by atoms with Crippen molar-refractivity contribution < 1.29 is 18.4 Å². The minimum absolute atomic E-state index is 0.0961. The fraction of sp³-hybridized carbons (Fsp3) is 0.219. The van der Waals surface area contributed by atoms with Gasteiger partial charge in [-0.05, 0) is 81.5 Å². The quantitative estimate of drug-likeness (QED) is 0.231. The summed E-state index contributed by atoms with van der Waals surface area (Å²) < 4.78 is 29.6. The maximum atomic E-state index is 14.8. The van der Waals surface area contributed by atoms with Crippen LogP contribution in [0.2, 0.25) is 5.02 Å². The molecule has 2 amide bonds. The molecular weight excluding hydrogens is 588 g/mol. The van der Waals surface area contributed by atoms with E-state index in [1.165, 1.54) is 18.2 Å². The number of aromatic nitrogens is 2. The zero-order chi connectivity index (χ0) is 30.8. The van der Waals surface area contributed by atoms with E-state index in [1.54, 1.807) is 55.7 Å². The molecule has 44 heavy (non-hydrogen) atoms. The average molecular weight is 616 g/mol. The molecular formula is C32H28ClF2N7O2. The third kappa shape index (κ3) is 5.69. The average Bonchev–Trinajstić information content (AvgIpc) is 3.18. The number of amides is 2. The van der Waals surface area contributed by atoms with Gasteiger partial charge in [0.25, 0.3) is 5.91 Å². The number of carbonyl (C=O) groups excluding carboxylic acids is 2. The predicted octanol–water partition coefficient (Wildman–Crippen LogP) is 4.77. The third-order valence-electron chi connectivity index (χ3n) is 7.96. The highest BCUT2D eigenvalue weighted by molar-refractivity contribution is 6.31. The van der Waals surface area contributed by atoms with Crippen LogP contribution in [0, 0.1) is 11.6 Å². The second-order valence-electron chi connectivity index (χ2n) is 10.6. The van der Waals surface area contributed by atoms with Gasteiger partial charge >= 0.3 is 0 Å². The first-order valence-electron chi connectivity index (χ1n) is 14.1. The van der Waals surface area contributed by atoms with Gasteiger partial charge in [-0.1, -0.05) is 23.7 Å². The maximum Gasteiger partial charge on any atom is 0.257 e. The Bertz CT molecular complexity index is 1770. The molecule has 0 spiro atoms. The Morgan fingerprint density at radius 3 is 2.41 bits per heavy atom. The fourth-order valence-electron chi connectivity index (χ4n) is 5.50. The topological polar surface area (TPSA) is 120 Å². The van der Waals surface area contributed by atoms with E-state index in [9.17, 15) is 18.4 Å². The van der Waals surface area contributed by atoms with E-state index in [2.05, 4.69) is 31.2 Å². The van der Waals surface area contributed by atoms with Crippen molar-refractivity contribution in [3.8, 4) is 11.3 Å². The molecule has 12 heteroatoms. The van der Waals surface area contributed by atoms with Gasteiger partial charge in [-0.15, -0.1) is 0 Å². The van der Waals surface area contributed by atoms with Crippen LogP contribution in [-0.2, 0) is 11.3 Å². The summed E-state index contributed by atoms with van der Waals surface area (Å²) >= 11 is 6.30. The highest BCUT2D eigenvalue weighted by Crippen LogP contribution is 2.34. The fourth-order valence-corrected chi connectivity index (χ4v) is 5.67. The molecule has 3 aromatic carbocycles. The van der Waals surface area contributed by atoms with E-state index in [0.29, 0.717) is 64.6 Å². The summed E-state index contributed by atoms with van der Waals surface area (Å²) in [6, 6.07) is 15.3. The largest absolute Gasteiger partial charge is 0.324 e. The normalized spacial score (nSPS) is 15.3.